The van der Waals surface area contributed by atoms with Crippen molar-refractivity contribution >= 4 is 28.9 Å². The van der Waals surface area contributed by atoms with Gasteiger partial charge in [-0.2, -0.15) is 0 Å². The first kappa shape index (κ1) is 18.3. The van der Waals surface area contributed by atoms with E-state index < -0.39 is 16.6 Å². The van der Waals surface area contributed by atoms with E-state index >= 15 is 0 Å². The van der Waals surface area contributed by atoms with Crippen LogP contribution in [0.15, 0.2) is 18.2 Å². The van der Waals surface area contributed by atoms with E-state index in [1.807, 2.05) is 0 Å². The number of nitro benzene ring substituents is 1. The van der Waals surface area contributed by atoms with Gasteiger partial charge in [-0.15, -0.1) is 0 Å². The SMILES string of the molecule is CC(C(=O)Nc1cc([N+](=O)[O-])ccc1Cl)N(C)CC(C)(C)O. The molecule has 0 spiro atoms. The Hall–Kier alpha value is -1.70. The summed E-state index contributed by atoms with van der Waals surface area (Å²) in [5, 5.41) is 23.3. The zero-order valence-corrected chi connectivity index (χ0v) is 13.7. The van der Waals surface area contributed by atoms with Gasteiger partial charge >= 0.3 is 0 Å². The van der Waals surface area contributed by atoms with Gasteiger partial charge in [0.25, 0.3) is 5.69 Å². The summed E-state index contributed by atoms with van der Waals surface area (Å²) in [5.41, 5.74) is -0.909. The molecular weight excluding hydrogens is 310 g/mol. The summed E-state index contributed by atoms with van der Waals surface area (Å²) in [6.45, 7) is 5.26. The molecule has 0 aliphatic heterocycles. The van der Waals surface area contributed by atoms with Gasteiger partial charge < -0.3 is 10.4 Å². The van der Waals surface area contributed by atoms with Crippen molar-refractivity contribution in [2.45, 2.75) is 32.4 Å². The quantitative estimate of drug-likeness (QED) is 0.616. The fourth-order valence-electron chi connectivity index (χ4n) is 1.91. The highest BCUT2D eigenvalue weighted by atomic mass is 35.5. The second-order valence-corrected chi connectivity index (χ2v) is 6.22. The van der Waals surface area contributed by atoms with E-state index in [9.17, 15) is 20.0 Å². The normalized spacial score (nSPS) is 13.0. The van der Waals surface area contributed by atoms with Crippen molar-refractivity contribution in [2.24, 2.45) is 0 Å². The first-order chi connectivity index (χ1) is 10.0. The summed E-state index contributed by atoms with van der Waals surface area (Å²) in [4.78, 5) is 24.1. The van der Waals surface area contributed by atoms with Crippen molar-refractivity contribution in [2.75, 3.05) is 18.9 Å². The summed E-state index contributed by atoms with van der Waals surface area (Å²) < 4.78 is 0. The highest BCUT2D eigenvalue weighted by molar-refractivity contribution is 6.33. The third-order valence-corrected chi connectivity index (χ3v) is 3.43. The van der Waals surface area contributed by atoms with Gasteiger partial charge in [0, 0.05) is 18.7 Å². The molecule has 1 aromatic rings. The molecule has 22 heavy (non-hydrogen) atoms. The minimum atomic E-state index is -0.938. The third kappa shape index (κ3) is 5.25. The Morgan fingerprint density at radius 1 is 1.55 bits per heavy atom. The lowest BCUT2D eigenvalue weighted by Gasteiger charge is -2.29. The topological polar surface area (TPSA) is 95.7 Å². The van der Waals surface area contributed by atoms with Crippen LogP contribution in [0.1, 0.15) is 20.8 Å². The molecule has 2 N–H and O–H groups in total. The molecule has 0 saturated heterocycles. The molecule has 7 nitrogen and oxygen atoms in total. The van der Waals surface area contributed by atoms with Crippen molar-refractivity contribution < 1.29 is 14.8 Å². The summed E-state index contributed by atoms with van der Waals surface area (Å²) in [6, 6.07) is 3.30. The summed E-state index contributed by atoms with van der Waals surface area (Å²) in [5.74, 6) is -0.367. The maximum absolute atomic E-state index is 12.2. The Balaban J connectivity index is 2.84. The van der Waals surface area contributed by atoms with Gasteiger partial charge in [-0.1, -0.05) is 11.6 Å². The van der Waals surface area contributed by atoms with E-state index in [1.165, 1.54) is 18.2 Å². The number of aliphatic hydroxyl groups is 1. The molecular formula is C14H20ClN3O4. The molecule has 0 fully saturated rings. The maximum Gasteiger partial charge on any atom is 0.271 e. The highest BCUT2D eigenvalue weighted by Gasteiger charge is 2.24. The van der Waals surface area contributed by atoms with Gasteiger partial charge in [-0.25, -0.2) is 0 Å². The van der Waals surface area contributed by atoms with Crippen LogP contribution in [-0.2, 0) is 4.79 Å². The zero-order chi connectivity index (χ0) is 17.1. The van der Waals surface area contributed by atoms with Gasteiger partial charge in [0.2, 0.25) is 5.91 Å². The average Bonchev–Trinajstić information content (AvgIpc) is 2.37. The average molecular weight is 330 g/mol. The monoisotopic (exact) mass is 329 g/mol. The van der Waals surface area contributed by atoms with Crippen LogP contribution < -0.4 is 5.32 Å². The molecule has 0 bridgehead atoms. The van der Waals surface area contributed by atoms with Crippen LogP contribution in [0.2, 0.25) is 5.02 Å². The van der Waals surface area contributed by atoms with Crippen molar-refractivity contribution in [1.29, 1.82) is 0 Å². The summed E-state index contributed by atoms with van der Waals surface area (Å²) in [6.07, 6.45) is 0. The second-order valence-electron chi connectivity index (χ2n) is 5.81. The molecule has 0 aliphatic carbocycles. The van der Waals surface area contributed by atoms with Crippen molar-refractivity contribution in [3.05, 3.63) is 33.3 Å². The number of nitrogens with zero attached hydrogens (tertiary/aromatic N) is 2. The van der Waals surface area contributed by atoms with E-state index in [0.29, 0.717) is 6.54 Å². The minimum absolute atomic E-state index is 0.155. The van der Waals surface area contributed by atoms with E-state index in [2.05, 4.69) is 5.32 Å². The molecule has 0 radical (unpaired) electrons. The number of nitro groups is 1. The number of rotatable bonds is 6. The van der Waals surface area contributed by atoms with Crippen LogP contribution in [0.25, 0.3) is 0 Å². The summed E-state index contributed by atoms with van der Waals surface area (Å²) >= 11 is 5.94. The minimum Gasteiger partial charge on any atom is -0.389 e. The molecule has 1 amide bonds. The molecule has 1 atom stereocenters. The van der Waals surface area contributed by atoms with E-state index in [0.717, 1.165) is 0 Å². The molecule has 1 aromatic carbocycles. The van der Waals surface area contributed by atoms with Crippen LogP contribution in [0.3, 0.4) is 0 Å². The molecule has 0 aromatic heterocycles. The molecule has 1 unspecified atom stereocenters. The van der Waals surface area contributed by atoms with E-state index in [4.69, 9.17) is 11.6 Å². The molecule has 8 heteroatoms. The second kappa shape index (κ2) is 7.04. The Morgan fingerprint density at radius 3 is 2.64 bits per heavy atom. The Bertz CT molecular complexity index is 572. The number of carbonyl (C=O) groups excluding carboxylic acids is 1. The predicted molar refractivity (Wildman–Crippen MR) is 85.1 cm³/mol. The number of likely N-dealkylation sites (N-methyl/N-ethyl adjacent to an activating group) is 1. The van der Waals surface area contributed by atoms with Gasteiger partial charge in [0.05, 0.1) is 27.3 Å². The number of halogens is 1. The lowest BCUT2D eigenvalue weighted by atomic mass is 10.1. The number of carbonyl (C=O) groups is 1. The van der Waals surface area contributed by atoms with Crippen LogP contribution >= 0.6 is 11.6 Å². The number of hydrogen-bond donors (Lipinski definition) is 2. The van der Waals surface area contributed by atoms with Crippen molar-refractivity contribution in [3.63, 3.8) is 0 Å². The van der Waals surface area contributed by atoms with E-state index in [-0.39, 0.29) is 22.3 Å². The van der Waals surface area contributed by atoms with E-state index in [1.54, 1.807) is 32.7 Å². The highest BCUT2D eigenvalue weighted by Crippen LogP contribution is 2.27. The van der Waals surface area contributed by atoms with Crippen molar-refractivity contribution in [1.82, 2.24) is 4.90 Å². The standard InChI is InChI=1S/C14H20ClN3O4/c1-9(17(4)8-14(2,3)20)13(19)16-12-7-10(18(21)22)5-6-11(12)15/h5-7,9,20H,8H2,1-4H3,(H,16,19). The molecule has 122 valence electrons. The number of amides is 1. The lowest BCUT2D eigenvalue weighted by molar-refractivity contribution is -0.384. The molecule has 0 aliphatic rings. The van der Waals surface area contributed by atoms with Crippen LogP contribution in [0.5, 0.6) is 0 Å². The predicted octanol–water partition coefficient (Wildman–Crippen LogP) is 2.28. The number of non-ortho nitro benzene ring substituents is 1. The first-order valence-corrected chi connectivity index (χ1v) is 7.06. The fourth-order valence-corrected chi connectivity index (χ4v) is 2.07. The lowest BCUT2D eigenvalue weighted by Crippen LogP contribution is -2.46. The molecule has 0 saturated carbocycles. The third-order valence-electron chi connectivity index (χ3n) is 3.10. The number of nitrogens with one attached hydrogen (secondary N) is 1. The maximum atomic E-state index is 12.2. The van der Waals surface area contributed by atoms with Gasteiger partial charge in [-0.05, 0) is 33.9 Å². The Labute approximate surface area is 134 Å². The number of benzene rings is 1. The largest absolute Gasteiger partial charge is 0.389 e. The fraction of sp³-hybridized carbons (Fsp3) is 0.500. The van der Waals surface area contributed by atoms with Gasteiger partial charge in [0.15, 0.2) is 0 Å². The number of hydrogen-bond acceptors (Lipinski definition) is 5. The first-order valence-electron chi connectivity index (χ1n) is 6.68. The van der Waals surface area contributed by atoms with Gasteiger partial charge in [0.1, 0.15) is 0 Å². The number of anilines is 1. The van der Waals surface area contributed by atoms with Crippen molar-refractivity contribution in [3.8, 4) is 0 Å². The summed E-state index contributed by atoms with van der Waals surface area (Å²) in [7, 11) is 1.71. The Morgan fingerprint density at radius 2 is 2.14 bits per heavy atom. The van der Waals surface area contributed by atoms with Crippen LogP contribution in [0.4, 0.5) is 11.4 Å². The smallest absolute Gasteiger partial charge is 0.271 e. The molecule has 0 heterocycles. The van der Waals surface area contributed by atoms with Gasteiger partial charge in [-0.3, -0.25) is 19.8 Å². The van der Waals surface area contributed by atoms with Crippen LogP contribution in [-0.4, -0.2) is 46.1 Å². The van der Waals surface area contributed by atoms with Crippen LogP contribution in [0, 0.1) is 10.1 Å². The Kier molecular flexibility index (Phi) is 5.87. The zero-order valence-electron chi connectivity index (χ0n) is 13.0. The molecule has 1 rings (SSSR count).